The van der Waals surface area contributed by atoms with E-state index in [9.17, 15) is 0 Å². The van der Waals surface area contributed by atoms with Crippen molar-refractivity contribution in [1.82, 2.24) is 0 Å². The molecular weight excluding hydrogens is 188 g/mol. The van der Waals surface area contributed by atoms with Gasteiger partial charge in [-0.2, -0.15) is 0 Å². The summed E-state index contributed by atoms with van der Waals surface area (Å²) < 4.78 is 26.3. The second-order valence-electron chi connectivity index (χ2n) is 3.10. The molecule has 1 aliphatic rings. The first kappa shape index (κ1) is 11.9. The first-order valence-corrected chi connectivity index (χ1v) is 4.56. The lowest BCUT2D eigenvalue weighted by Gasteiger charge is -2.42. The van der Waals surface area contributed by atoms with E-state index in [1.807, 2.05) is 0 Å². The molecule has 0 aliphatic carbocycles. The third-order valence-electron chi connectivity index (χ3n) is 2.47. The van der Waals surface area contributed by atoms with Crippen molar-refractivity contribution in [1.29, 1.82) is 0 Å². The molecule has 1 saturated heterocycles. The maximum absolute atomic E-state index is 5.53. The minimum Gasteiger partial charge on any atom is -0.373 e. The minimum absolute atomic E-state index is 0.233. The van der Waals surface area contributed by atoms with Crippen molar-refractivity contribution in [3.8, 4) is 0 Å². The molecule has 14 heavy (non-hydrogen) atoms. The van der Waals surface area contributed by atoms with Crippen LogP contribution in [0.15, 0.2) is 0 Å². The van der Waals surface area contributed by atoms with Crippen LogP contribution in [-0.4, -0.2) is 46.8 Å². The summed E-state index contributed by atoms with van der Waals surface area (Å²) >= 11 is 0. The average molecular weight is 206 g/mol. The van der Waals surface area contributed by atoms with Crippen molar-refractivity contribution < 1.29 is 23.7 Å². The first-order chi connectivity index (χ1) is 6.72. The van der Waals surface area contributed by atoms with Gasteiger partial charge < -0.3 is 18.9 Å². The van der Waals surface area contributed by atoms with Crippen molar-refractivity contribution in [3.63, 3.8) is 0 Å². The van der Waals surface area contributed by atoms with Gasteiger partial charge in [0.1, 0.15) is 6.10 Å². The van der Waals surface area contributed by atoms with Crippen molar-refractivity contribution in [2.45, 2.75) is 31.2 Å². The standard InChI is InChI=1S/C9H18O5/c1-10-7-5-6-8(11-2)14-9(7,12-3)13-4/h7-8H,5-6H2,1-4H3. The summed E-state index contributed by atoms with van der Waals surface area (Å²) in [6.45, 7) is 0. The normalized spacial score (nSPS) is 31.7. The second kappa shape index (κ2) is 5.04. The van der Waals surface area contributed by atoms with Gasteiger partial charge in [0.2, 0.25) is 0 Å². The largest absolute Gasteiger partial charge is 0.373 e. The number of methoxy groups -OCH3 is 4. The van der Waals surface area contributed by atoms with Crippen molar-refractivity contribution in [3.05, 3.63) is 0 Å². The molecule has 1 fully saturated rings. The number of hydrogen-bond acceptors (Lipinski definition) is 5. The van der Waals surface area contributed by atoms with Crippen molar-refractivity contribution >= 4 is 0 Å². The quantitative estimate of drug-likeness (QED) is 0.634. The molecule has 2 atom stereocenters. The van der Waals surface area contributed by atoms with Gasteiger partial charge in [0.25, 0.3) is 0 Å². The van der Waals surface area contributed by atoms with Crippen LogP contribution in [0.3, 0.4) is 0 Å². The molecule has 5 nitrogen and oxygen atoms in total. The van der Waals surface area contributed by atoms with Gasteiger partial charge in [0, 0.05) is 34.9 Å². The van der Waals surface area contributed by atoms with Crippen LogP contribution in [0.25, 0.3) is 0 Å². The average Bonchev–Trinajstić information content (AvgIpc) is 2.27. The molecule has 0 radical (unpaired) electrons. The molecule has 0 aromatic rings. The van der Waals surface area contributed by atoms with Gasteiger partial charge in [-0.1, -0.05) is 0 Å². The summed E-state index contributed by atoms with van der Waals surface area (Å²) in [7, 11) is 6.24. The van der Waals surface area contributed by atoms with E-state index in [0.717, 1.165) is 12.8 Å². The van der Waals surface area contributed by atoms with E-state index in [1.54, 1.807) is 14.2 Å². The summed E-state index contributed by atoms with van der Waals surface area (Å²) in [5.41, 5.74) is 0. The summed E-state index contributed by atoms with van der Waals surface area (Å²) in [6.07, 6.45) is 1.00. The predicted octanol–water partition coefficient (Wildman–Crippen LogP) is 0.731. The highest BCUT2D eigenvalue weighted by atomic mass is 16.9. The van der Waals surface area contributed by atoms with Crippen LogP contribution in [0.2, 0.25) is 0 Å². The van der Waals surface area contributed by atoms with E-state index in [0.29, 0.717) is 0 Å². The molecule has 1 heterocycles. The highest BCUT2D eigenvalue weighted by molar-refractivity contribution is 4.77. The molecule has 0 saturated carbocycles. The third kappa shape index (κ3) is 2.07. The number of hydrogen-bond donors (Lipinski definition) is 0. The van der Waals surface area contributed by atoms with Gasteiger partial charge in [0.05, 0.1) is 0 Å². The molecule has 84 valence electrons. The fourth-order valence-electron chi connectivity index (χ4n) is 1.65. The molecule has 0 aromatic heterocycles. The van der Waals surface area contributed by atoms with E-state index >= 15 is 0 Å². The Bertz CT molecular complexity index is 169. The second-order valence-corrected chi connectivity index (χ2v) is 3.10. The molecule has 0 N–H and O–H groups in total. The SMILES string of the molecule is COC1CCC(OC)C(OC)(OC)O1. The minimum atomic E-state index is -1.15. The van der Waals surface area contributed by atoms with E-state index in [4.69, 9.17) is 23.7 Å². The lowest BCUT2D eigenvalue weighted by Crippen LogP contribution is -2.55. The molecule has 0 amide bonds. The smallest absolute Gasteiger partial charge is 0.312 e. The van der Waals surface area contributed by atoms with E-state index in [2.05, 4.69) is 0 Å². The van der Waals surface area contributed by atoms with Gasteiger partial charge in [0.15, 0.2) is 6.29 Å². The molecule has 1 rings (SSSR count). The maximum Gasteiger partial charge on any atom is 0.312 e. The zero-order valence-corrected chi connectivity index (χ0v) is 9.11. The fourth-order valence-corrected chi connectivity index (χ4v) is 1.65. The Hall–Kier alpha value is -0.200. The van der Waals surface area contributed by atoms with Crippen LogP contribution in [0.1, 0.15) is 12.8 Å². The van der Waals surface area contributed by atoms with Gasteiger partial charge in [-0.15, -0.1) is 0 Å². The predicted molar refractivity (Wildman–Crippen MR) is 48.7 cm³/mol. The van der Waals surface area contributed by atoms with Crippen LogP contribution in [-0.2, 0) is 23.7 Å². The summed E-state index contributed by atoms with van der Waals surface area (Å²) in [4.78, 5) is 0. The first-order valence-electron chi connectivity index (χ1n) is 4.56. The Morgan fingerprint density at radius 2 is 1.64 bits per heavy atom. The molecule has 2 unspecified atom stereocenters. The van der Waals surface area contributed by atoms with E-state index in [-0.39, 0.29) is 12.4 Å². The van der Waals surface area contributed by atoms with Gasteiger partial charge in [-0.25, -0.2) is 0 Å². The topological polar surface area (TPSA) is 46.2 Å². The van der Waals surface area contributed by atoms with Gasteiger partial charge in [-0.05, 0) is 6.42 Å². The van der Waals surface area contributed by atoms with Crippen LogP contribution >= 0.6 is 0 Å². The van der Waals surface area contributed by atoms with Crippen LogP contribution in [0.5, 0.6) is 0 Å². The van der Waals surface area contributed by atoms with Gasteiger partial charge >= 0.3 is 5.97 Å². The lowest BCUT2D eigenvalue weighted by atomic mass is 10.1. The Balaban J connectivity index is 2.72. The number of ether oxygens (including phenoxy) is 5. The highest BCUT2D eigenvalue weighted by Crippen LogP contribution is 2.32. The van der Waals surface area contributed by atoms with Crippen LogP contribution < -0.4 is 0 Å². The zero-order valence-electron chi connectivity index (χ0n) is 9.11. The van der Waals surface area contributed by atoms with Crippen LogP contribution in [0, 0.1) is 0 Å². The van der Waals surface area contributed by atoms with Gasteiger partial charge in [-0.3, -0.25) is 4.74 Å². The Labute approximate surface area is 84.2 Å². The fraction of sp³-hybridized carbons (Fsp3) is 1.00. The van der Waals surface area contributed by atoms with E-state index < -0.39 is 5.97 Å². The Morgan fingerprint density at radius 3 is 2.07 bits per heavy atom. The van der Waals surface area contributed by atoms with Crippen molar-refractivity contribution in [2.75, 3.05) is 28.4 Å². The summed E-state index contributed by atoms with van der Waals surface area (Å²) in [6, 6.07) is 0. The monoisotopic (exact) mass is 206 g/mol. The molecule has 0 bridgehead atoms. The summed E-state index contributed by atoms with van der Waals surface area (Å²) in [5, 5.41) is 0. The Morgan fingerprint density at radius 1 is 1.00 bits per heavy atom. The summed E-state index contributed by atoms with van der Waals surface area (Å²) in [5.74, 6) is -1.15. The lowest BCUT2D eigenvalue weighted by molar-refractivity contribution is -0.449. The van der Waals surface area contributed by atoms with E-state index in [1.165, 1.54) is 14.2 Å². The zero-order chi connectivity index (χ0) is 10.6. The Kier molecular flexibility index (Phi) is 4.28. The molecule has 0 aromatic carbocycles. The number of rotatable bonds is 4. The molecule has 1 aliphatic heterocycles. The van der Waals surface area contributed by atoms with Crippen LogP contribution in [0.4, 0.5) is 0 Å². The molecule has 0 spiro atoms. The third-order valence-corrected chi connectivity index (χ3v) is 2.47. The highest BCUT2D eigenvalue weighted by Gasteiger charge is 2.47. The van der Waals surface area contributed by atoms with Crippen molar-refractivity contribution in [2.24, 2.45) is 0 Å². The molecule has 5 heteroatoms. The molecular formula is C9H18O5. The maximum atomic E-state index is 5.53.